The van der Waals surface area contributed by atoms with Gasteiger partial charge in [0.05, 0.1) is 12.8 Å². The third kappa shape index (κ3) is 3.62. The lowest BCUT2D eigenvalue weighted by atomic mass is 9.77. The Morgan fingerprint density at radius 2 is 1.54 bits per heavy atom. The van der Waals surface area contributed by atoms with Gasteiger partial charge in [0.25, 0.3) is 0 Å². The summed E-state index contributed by atoms with van der Waals surface area (Å²) in [6.45, 7) is 4.18. The number of aromatic hydroxyl groups is 1. The fourth-order valence-corrected chi connectivity index (χ4v) is 2.99. The molecular weight excluding hydrogens is 322 g/mol. The summed E-state index contributed by atoms with van der Waals surface area (Å²) in [5.74, 6) is 0.913. The van der Waals surface area contributed by atoms with Crippen molar-refractivity contribution in [2.75, 3.05) is 7.11 Å². The van der Waals surface area contributed by atoms with Crippen molar-refractivity contribution in [1.82, 2.24) is 0 Å². The summed E-state index contributed by atoms with van der Waals surface area (Å²) in [6.07, 6.45) is 1.68. The minimum atomic E-state index is -0.380. The first-order valence-electron chi connectivity index (χ1n) is 8.58. The lowest BCUT2D eigenvalue weighted by Crippen LogP contribution is -2.19. The van der Waals surface area contributed by atoms with Gasteiger partial charge in [-0.1, -0.05) is 62.4 Å². The van der Waals surface area contributed by atoms with Crippen LogP contribution in [0.15, 0.2) is 77.8 Å². The number of phenols is 1. The quantitative estimate of drug-likeness (QED) is 0.622. The molecule has 3 aromatic rings. The van der Waals surface area contributed by atoms with Crippen LogP contribution in [-0.2, 0) is 5.41 Å². The number of nitrogens with zero attached hydrogens (tertiary/aromatic N) is 1. The van der Waals surface area contributed by atoms with Crippen molar-refractivity contribution in [3.05, 3.63) is 89.5 Å². The Morgan fingerprint density at radius 1 is 0.923 bits per heavy atom. The third-order valence-corrected chi connectivity index (χ3v) is 4.63. The molecule has 0 radical (unpaired) electrons. The number of para-hydroxylation sites is 1. The molecule has 0 bridgehead atoms. The molecule has 0 saturated carbocycles. The monoisotopic (exact) mass is 345 g/mol. The third-order valence-electron chi connectivity index (χ3n) is 4.63. The zero-order valence-electron chi connectivity index (χ0n) is 15.3. The highest BCUT2D eigenvalue weighted by atomic mass is 16.5. The predicted octanol–water partition coefficient (Wildman–Crippen LogP) is 5.48. The Morgan fingerprint density at radius 3 is 2.15 bits per heavy atom. The second kappa shape index (κ2) is 7.44. The second-order valence-corrected chi connectivity index (χ2v) is 6.70. The molecule has 3 aromatic carbocycles. The molecule has 0 aromatic heterocycles. The Kier molecular flexibility index (Phi) is 5.08. The molecule has 1 N–H and O–H groups in total. The van der Waals surface area contributed by atoms with Gasteiger partial charge in [-0.2, -0.15) is 0 Å². The van der Waals surface area contributed by atoms with Crippen molar-refractivity contribution >= 4 is 11.9 Å². The molecule has 0 atom stereocenters. The van der Waals surface area contributed by atoms with Gasteiger partial charge < -0.3 is 9.84 Å². The van der Waals surface area contributed by atoms with E-state index in [2.05, 4.69) is 31.0 Å². The van der Waals surface area contributed by atoms with E-state index in [0.717, 1.165) is 16.8 Å². The summed E-state index contributed by atoms with van der Waals surface area (Å²) in [6, 6.07) is 23.5. The van der Waals surface area contributed by atoms with E-state index in [4.69, 9.17) is 4.74 Å². The van der Waals surface area contributed by atoms with Crippen molar-refractivity contribution < 1.29 is 9.84 Å². The number of methoxy groups -OCH3 is 1. The molecule has 26 heavy (non-hydrogen) atoms. The Labute approximate surface area is 154 Å². The molecule has 0 aliphatic carbocycles. The van der Waals surface area contributed by atoms with E-state index < -0.39 is 0 Å². The molecule has 132 valence electrons. The van der Waals surface area contributed by atoms with E-state index in [-0.39, 0.29) is 11.2 Å². The van der Waals surface area contributed by atoms with Gasteiger partial charge in [0, 0.05) is 22.8 Å². The maximum atomic E-state index is 10.9. The molecule has 0 unspecified atom stereocenters. The van der Waals surface area contributed by atoms with Gasteiger partial charge in [0.15, 0.2) is 0 Å². The van der Waals surface area contributed by atoms with Crippen LogP contribution in [0.1, 0.15) is 30.5 Å². The molecule has 0 fully saturated rings. The SMILES string of the molecule is COc1cc(C=Nc2ccccc2)c(O)c(C(C)(C)c2ccccc2)c1. The number of ether oxygens (including phenoxy) is 1. The first kappa shape index (κ1) is 17.7. The van der Waals surface area contributed by atoms with E-state index >= 15 is 0 Å². The van der Waals surface area contributed by atoms with Crippen LogP contribution < -0.4 is 4.74 Å². The maximum absolute atomic E-state index is 10.9. The van der Waals surface area contributed by atoms with Gasteiger partial charge in [-0.05, 0) is 29.8 Å². The standard InChI is InChI=1S/C23H23NO2/c1-23(2,18-10-6-4-7-11-18)21-15-20(26-3)14-17(22(21)25)16-24-19-12-8-5-9-13-19/h4-16,25H,1-3H3. The Bertz CT molecular complexity index is 900. The summed E-state index contributed by atoms with van der Waals surface area (Å²) in [7, 11) is 1.63. The largest absolute Gasteiger partial charge is 0.507 e. The van der Waals surface area contributed by atoms with Crippen LogP contribution in [-0.4, -0.2) is 18.4 Å². The smallest absolute Gasteiger partial charge is 0.128 e. The number of aliphatic imine (C=N–C) groups is 1. The van der Waals surface area contributed by atoms with Gasteiger partial charge in [-0.25, -0.2) is 0 Å². The van der Waals surface area contributed by atoms with Gasteiger partial charge in [0.2, 0.25) is 0 Å². The molecular formula is C23H23NO2. The number of hydrogen-bond donors (Lipinski definition) is 1. The molecule has 0 aliphatic rings. The zero-order chi connectivity index (χ0) is 18.6. The summed E-state index contributed by atoms with van der Waals surface area (Å²) < 4.78 is 5.46. The molecule has 3 rings (SSSR count). The van der Waals surface area contributed by atoms with Gasteiger partial charge in [0.1, 0.15) is 11.5 Å². The van der Waals surface area contributed by atoms with E-state index in [9.17, 15) is 5.11 Å². The van der Waals surface area contributed by atoms with Crippen molar-refractivity contribution in [2.45, 2.75) is 19.3 Å². The zero-order valence-corrected chi connectivity index (χ0v) is 15.3. The van der Waals surface area contributed by atoms with E-state index in [0.29, 0.717) is 11.3 Å². The molecule has 0 spiro atoms. The highest BCUT2D eigenvalue weighted by molar-refractivity contribution is 5.87. The minimum Gasteiger partial charge on any atom is -0.507 e. The van der Waals surface area contributed by atoms with Crippen LogP contribution in [0.5, 0.6) is 11.5 Å². The van der Waals surface area contributed by atoms with Gasteiger partial charge in [-0.15, -0.1) is 0 Å². The average Bonchev–Trinajstić information content (AvgIpc) is 2.68. The van der Waals surface area contributed by atoms with Crippen molar-refractivity contribution in [3.63, 3.8) is 0 Å². The average molecular weight is 345 g/mol. The van der Waals surface area contributed by atoms with Gasteiger partial charge >= 0.3 is 0 Å². The van der Waals surface area contributed by atoms with Gasteiger partial charge in [-0.3, -0.25) is 4.99 Å². The summed E-state index contributed by atoms with van der Waals surface area (Å²) in [5.41, 5.74) is 3.01. The van der Waals surface area contributed by atoms with E-state index in [1.807, 2.05) is 54.6 Å². The second-order valence-electron chi connectivity index (χ2n) is 6.70. The van der Waals surface area contributed by atoms with Crippen LogP contribution in [0, 0.1) is 0 Å². The first-order valence-corrected chi connectivity index (χ1v) is 8.58. The molecule has 3 heteroatoms. The number of phenolic OH excluding ortho intramolecular Hbond substituents is 1. The Hall–Kier alpha value is -3.07. The van der Waals surface area contributed by atoms with Crippen LogP contribution in [0.2, 0.25) is 0 Å². The highest BCUT2D eigenvalue weighted by Crippen LogP contribution is 2.40. The molecule has 0 heterocycles. The number of hydrogen-bond acceptors (Lipinski definition) is 3. The summed E-state index contributed by atoms with van der Waals surface area (Å²) in [4.78, 5) is 4.47. The topological polar surface area (TPSA) is 41.8 Å². The fraction of sp³-hybridized carbons (Fsp3) is 0.174. The van der Waals surface area contributed by atoms with E-state index in [1.165, 1.54) is 0 Å². The maximum Gasteiger partial charge on any atom is 0.128 e. The van der Waals surface area contributed by atoms with Crippen LogP contribution in [0.4, 0.5) is 5.69 Å². The van der Waals surface area contributed by atoms with Crippen LogP contribution in [0.25, 0.3) is 0 Å². The molecule has 0 aliphatic heterocycles. The minimum absolute atomic E-state index is 0.222. The summed E-state index contributed by atoms with van der Waals surface area (Å²) in [5, 5.41) is 10.9. The van der Waals surface area contributed by atoms with E-state index in [1.54, 1.807) is 19.4 Å². The first-order chi connectivity index (χ1) is 12.5. The number of rotatable bonds is 5. The lowest BCUT2D eigenvalue weighted by Gasteiger charge is -2.28. The number of benzene rings is 3. The van der Waals surface area contributed by atoms with Crippen molar-refractivity contribution in [2.24, 2.45) is 4.99 Å². The molecule has 3 nitrogen and oxygen atoms in total. The fourth-order valence-electron chi connectivity index (χ4n) is 2.99. The molecule has 0 amide bonds. The van der Waals surface area contributed by atoms with Crippen LogP contribution in [0.3, 0.4) is 0 Å². The molecule has 0 saturated heterocycles. The lowest BCUT2D eigenvalue weighted by molar-refractivity contribution is 0.407. The Balaban J connectivity index is 2.08. The van der Waals surface area contributed by atoms with Crippen LogP contribution >= 0.6 is 0 Å². The predicted molar refractivity (Wildman–Crippen MR) is 107 cm³/mol. The summed E-state index contributed by atoms with van der Waals surface area (Å²) >= 11 is 0. The highest BCUT2D eigenvalue weighted by Gasteiger charge is 2.28. The van der Waals surface area contributed by atoms with Crippen molar-refractivity contribution in [3.8, 4) is 11.5 Å². The van der Waals surface area contributed by atoms with Crippen molar-refractivity contribution in [1.29, 1.82) is 0 Å². The normalized spacial score (nSPS) is 11.7.